The lowest BCUT2D eigenvalue weighted by Gasteiger charge is -2.20. The first-order valence-electron chi connectivity index (χ1n) is 9.32. The van der Waals surface area contributed by atoms with Gasteiger partial charge >= 0.3 is 5.97 Å². The van der Waals surface area contributed by atoms with Crippen LogP contribution in [0.5, 0.6) is 5.75 Å². The summed E-state index contributed by atoms with van der Waals surface area (Å²) in [5, 5.41) is 10.0. The van der Waals surface area contributed by atoms with Gasteiger partial charge in [0.1, 0.15) is 5.75 Å². The number of ether oxygens (including phenoxy) is 1. The summed E-state index contributed by atoms with van der Waals surface area (Å²) in [5.41, 5.74) is 3.00. The monoisotopic (exact) mass is 367 g/mol. The van der Waals surface area contributed by atoms with E-state index in [0.29, 0.717) is 17.8 Å². The van der Waals surface area contributed by atoms with E-state index in [1.54, 1.807) is 42.2 Å². The van der Waals surface area contributed by atoms with Crippen molar-refractivity contribution in [2.24, 2.45) is 0 Å². The summed E-state index contributed by atoms with van der Waals surface area (Å²) in [4.78, 5) is 27.0. The van der Waals surface area contributed by atoms with E-state index in [0.717, 1.165) is 19.3 Å². The van der Waals surface area contributed by atoms with Gasteiger partial charge < -0.3 is 14.7 Å². The highest BCUT2D eigenvalue weighted by Gasteiger charge is 2.36. The molecule has 0 fully saturated rings. The van der Waals surface area contributed by atoms with Crippen LogP contribution >= 0.6 is 0 Å². The molecule has 5 heteroatoms. The number of phenols is 1. The SMILES string of the molecule is COC(=O)C1=C(C)N(CCC2=CCCCC2)C(=O)C1=Cc1ccccc1O. The fraction of sp³-hybridized carbons (Fsp3) is 0.364. The Morgan fingerprint density at radius 2 is 2.07 bits per heavy atom. The smallest absolute Gasteiger partial charge is 0.340 e. The Hall–Kier alpha value is -2.82. The standard InChI is InChI=1S/C22H25NO4/c1-15-20(22(26)27-2)18(14-17-10-6-7-11-19(17)24)21(25)23(15)13-12-16-8-4-3-5-9-16/h6-8,10-11,14,24H,3-5,9,12-13H2,1-2H3. The minimum Gasteiger partial charge on any atom is -0.507 e. The van der Waals surface area contributed by atoms with E-state index >= 15 is 0 Å². The number of nitrogens with zero attached hydrogens (tertiary/aromatic N) is 1. The largest absolute Gasteiger partial charge is 0.507 e. The summed E-state index contributed by atoms with van der Waals surface area (Å²) in [5.74, 6) is -0.708. The van der Waals surface area contributed by atoms with Crippen molar-refractivity contribution in [3.63, 3.8) is 0 Å². The minimum absolute atomic E-state index is 0.0606. The maximum absolute atomic E-state index is 13.0. The lowest BCUT2D eigenvalue weighted by molar-refractivity contribution is -0.136. The van der Waals surface area contributed by atoms with Crippen LogP contribution in [0.25, 0.3) is 6.08 Å². The molecule has 1 N–H and O–H groups in total. The van der Waals surface area contributed by atoms with Crippen LogP contribution in [0.3, 0.4) is 0 Å². The number of aromatic hydroxyl groups is 1. The van der Waals surface area contributed by atoms with Gasteiger partial charge in [-0.25, -0.2) is 4.79 Å². The molecule has 1 aromatic carbocycles. The average molecular weight is 367 g/mol. The number of rotatable bonds is 5. The molecule has 0 bridgehead atoms. The Morgan fingerprint density at radius 1 is 1.30 bits per heavy atom. The van der Waals surface area contributed by atoms with Crippen molar-refractivity contribution in [2.45, 2.75) is 39.0 Å². The fourth-order valence-corrected chi connectivity index (χ4v) is 3.65. The van der Waals surface area contributed by atoms with Gasteiger partial charge in [-0.15, -0.1) is 0 Å². The van der Waals surface area contributed by atoms with Crippen molar-refractivity contribution < 1.29 is 19.4 Å². The predicted octanol–water partition coefficient (Wildman–Crippen LogP) is 3.96. The van der Waals surface area contributed by atoms with Crippen LogP contribution < -0.4 is 0 Å². The van der Waals surface area contributed by atoms with Gasteiger partial charge in [-0.05, 0) is 51.2 Å². The van der Waals surface area contributed by atoms with Crippen molar-refractivity contribution in [1.82, 2.24) is 4.90 Å². The summed E-state index contributed by atoms with van der Waals surface area (Å²) in [7, 11) is 1.31. The molecular weight excluding hydrogens is 342 g/mol. The summed E-state index contributed by atoms with van der Waals surface area (Å²) < 4.78 is 4.90. The predicted molar refractivity (Wildman–Crippen MR) is 104 cm³/mol. The number of esters is 1. The Morgan fingerprint density at radius 3 is 2.74 bits per heavy atom. The van der Waals surface area contributed by atoms with Crippen LogP contribution in [0.15, 0.2) is 52.8 Å². The number of phenolic OH excluding ortho intramolecular Hbond substituents is 1. The van der Waals surface area contributed by atoms with Gasteiger partial charge in [0.05, 0.1) is 18.3 Å². The summed E-state index contributed by atoms with van der Waals surface area (Å²) in [6, 6.07) is 6.73. The summed E-state index contributed by atoms with van der Waals surface area (Å²) >= 11 is 0. The van der Waals surface area contributed by atoms with E-state index in [4.69, 9.17) is 4.74 Å². The molecule has 1 heterocycles. The number of hydrogen-bond donors (Lipinski definition) is 1. The molecule has 0 aromatic heterocycles. The van der Waals surface area contributed by atoms with Crippen LogP contribution in [0.4, 0.5) is 0 Å². The average Bonchev–Trinajstić information content (AvgIpc) is 2.92. The number of allylic oxidation sites excluding steroid dienone is 2. The number of hydrogen-bond acceptors (Lipinski definition) is 4. The third-order valence-electron chi connectivity index (χ3n) is 5.18. The molecule has 0 radical (unpaired) electrons. The van der Waals surface area contributed by atoms with Crippen molar-refractivity contribution in [3.8, 4) is 5.75 Å². The second kappa shape index (κ2) is 8.25. The second-order valence-electron chi connectivity index (χ2n) is 6.88. The van der Waals surface area contributed by atoms with E-state index in [1.165, 1.54) is 25.5 Å². The van der Waals surface area contributed by atoms with Gasteiger partial charge in [0.25, 0.3) is 5.91 Å². The van der Waals surface area contributed by atoms with Crippen LogP contribution in [0.2, 0.25) is 0 Å². The maximum Gasteiger partial charge on any atom is 0.340 e. The molecule has 0 saturated heterocycles. The summed E-state index contributed by atoms with van der Waals surface area (Å²) in [6.45, 7) is 2.31. The number of amides is 1. The van der Waals surface area contributed by atoms with Gasteiger partial charge in [0.15, 0.2) is 0 Å². The highest BCUT2D eigenvalue weighted by Crippen LogP contribution is 2.33. The highest BCUT2D eigenvalue weighted by atomic mass is 16.5. The Labute approximate surface area is 159 Å². The van der Waals surface area contributed by atoms with Crippen LogP contribution in [-0.4, -0.2) is 35.5 Å². The first kappa shape index (κ1) is 19.0. The van der Waals surface area contributed by atoms with E-state index < -0.39 is 5.97 Å². The van der Waals surface area contributed by atoms with Gasteiger partial charge in [-0.2, -0.15) is 0 Å². The topological polar surface area (TPSA) is 66.8 Å². The van der Waals surface area contributed by atoms with Gasteiger partial charge in [0.2, 0.25) is 0 Å². The number of carbonyl (C=O) groups excluding carboxylic acids is 2. The molecule has 3 rings (SSSR count). The van der Waals surface area contributed by atoms with E-state index in [1.807, 2.05) is 0 Å². The number of para-hydroxylation sites is 1. The zero-order valence-electron chi connectivity index (χ0n) is 15.8. The van der Waals surface area contributed by atoms with Crippen LogP contribution in [0, 0.1) is 0 Å². The second-order valence-corrected chi connectivity index (χ2v) is 6.88. The van der Waals surface area contributed by atoms with Crippen molar-refractivity contribution >= 4 is 18.0 Å². The molecule has 0 atom stereocenters. The molecule has 1 aliphatic carbocycles. The van der Waals surface area contributed by atoms with Crippen LogP contribution in [0.1, 0.15) is 44.6 Å². The van der Waals surface area contributed by atoms with Crippen molar-refractivity contribution in [3.05, 3.63) is 58.3 Å². The van der Waals surface area contributed by atoms with Crippen molar-refractivity contribution in [1.29, 1.82) is 0 Å². The molecule has 1 amide bonds. The molecular formula is C22H25NO4. The number of carbonyl (C=O) groups is 2. The van der Waals surface area contributed by atoms with Crippen molar-refractivity contribution in [2.75, 3.05) is 13.7 Å². The molecule has 0 saturated carbocycles. The molecule has 1 aliphatic heterocycles. The summed E-state index contributed by atoms with van der Waals surface area (Å²) in [6.07, 6.45) is 9.24. The fourth-order valence-electron chi connectivity index (χ4n) is 3.65. The molecule has 142 valence electrons. The Balaban J connectivity index is 1.91. The van der Waals surface area contributed by atoms with E-state index in [9.17, 15) is 14.7 Å². The first-order valence-corrected chi connectivity index (χ1v) is 9.32. The third kappa shape index (κ3) is 3.97. The highest BCUT2D eigenvalue weighted by molar-refractivity contribution is 6.16. The number of methoxy groups -OCH3 is 1. The quantitative estimate of drug-likeness (QED) is 0.486. The molecule has 0 unspecified atom stereocenters. The van der Waals surface area contributed by atoms with E-state index in [-0.39, 0.29) is 22.8 Å². The lowest BCUT2D eigenvalue weighted by Crippen LogP contribution is -2.26. The van der Waals surface area contributed by atoms with E-state index in [2.05, 4.69) is 6.08 Å². The maximum atomic E-state index is 13.0. The van der Waals surface area contributed by atoms with Gasteiger partial charge in [0, 0.05) is 17.8 Å². The van der Waals surface area contributed by atoms with Gasteiger partial charge in [-0.1, -0.05) is 29.8 Å². The third-order valence-corrected chi connectivity index (χ3v) is 5.18. The molecule has 1 aromatic rings. The molecule has 2 aliphatic rings. The van der Waals surface area contributed by atoms with Gasteiger partial charge in [-0.3, -0.25) is 4.79 Å². The number of benzene rings is 1. The zero-order valence-corrected chi connectivity index (χ0v) is 15.8. The normalized spacial score (nSPS) is 18.9. The lowest BCUT2D eigenvalue weighted by atomic mass is 9.97. The minimum atomic E-state index is -0.540. The molecule has 5 nitrogen and oxygen atoms in total. The molecule has 0 spiro atoms. The van der Waals surface area contributed by atoms with Crippen LogP contribution in [-0.2, 0) is 14.3 Å². The molecule has 27 heavy (non-hydrogen) atoms. The Kier molecular flexibility index (Phi) is 5.79. The Bertz CT molecular complexity index is 848. The first-order chi connectivity index (χ1) is 13.0. The zero-order chi connectivity index (χ0) is 19.4.